The molecule has 0 aliphatic heterocycles. The monoisotopic (exact) mass is 423 g/mol. The molecule has 30 heavy (non-hydrogen) atoms. The maximum atomic E-state index is 13.3. The van der Waals surface area contributed by atoms with Gasteiger partial charge in [0.2, 0.25) is 0 Å². The second kappa shape index (κ2) is 8.32. The molecule has 150 valence electrons. The summed E-state index contributed by atoms with van der Waals surface area (Å²) in [6.07, 6.45) is 0. The van der Waals surface area contributed by atoms with Crippen LogP contribution in [0.3, 0.4) is 0 Å². The molecule has 1 heterocycles. The van der Waals surface area contributed by atoms with Gasteiger partial charge in [-0.1, -0.05) is 45.6 Å². The number of aromatic hydroxyl groups is 1. The number of phenols is 1. The molecule has 0 bridgehead atoms. The first-order chi connectivity index (χ1) is 14.2. The maximum absolute atomic E-state index is 13.3. The molecule has 0 fully saturated rings. The van der Waals surface area contributed by atoms with Crippen molar-refractivity contribution >= 4 is 20.9 Å². The Balaban J connectivity index is 2.00. The van der Waals surface area contributed by atoms with Crippen molar-refractivity contribution in [3.63, 3.8) is 0 Å². The number of hydrogen-bond acceptors (Lipinski definition) is 6. The number of rotatable bonds is 5. The summed E-state index contributed by atoms with van der Waals surface area (Å²) in [5, 5.41) is 32.0. The fourth-order valence-corrected chi connectivity index (χ4v) is 3.13. The van der Waals surface area contributed by atoms with Gasteiger partial charge in [-0.2, -0.15) is 19.3 Å². The first-order valence-corrected chi connectivity index (χ1v) is 9.25. The lowest BCUT2D eigenvalue weighted by atomic mass is 9.96. The number of nitrogens with two attached hydrogens (primary N) is 1. The highest BCUT2D eigenvalue weighted by molar-refractivity contribution is 7.17. The minimum atomic E-state index is -3.01. The largest absolute Gasteiger partial charge is 0.508 e. The first-order valence-electron chi connectivity index (χ1n) is 8.67. The molecule has 4 N–H and O–H groups in total. The van der Waals surface area contributed by atoms with E-state index in [0.29, 0.717) is 11.1 Å². The van der Waals surface area contributed by atoms with Crippen LogP contribution in [0.15, 0.2) is 48.5 Å². The maximum Gasteiger partial charge on any atom is 0.283 e. The fraction of sp³-hybridized carbons (Fsp3) is 0.0952. The topological polar surface area (TPSA) is 119 Å². The zero-order valence-electron chi connectivity index (χ0n) is 15.5. The van der Waals surface area contributed by atoms with E-state index < -0.39 is 5.66 Å². The van der Waals surface area contributed by atoms with Crippen LogP contribution < -0.4 is 11.1 Å². The summed E-state index contributed by atoms with van der Waals surface area (Å²) in [5.41, 5.74) is 4.26. The Morgan fingerprint density at radius 1 is 1.10 bits per heavy atom. The van der Waals surface area contributed by atoms with Crippen molar-refractivity contribution in [1.29, 1.82) is 10.5 Å². The molecule has 0 saturated heterocycles. The van der Waals surface area contributed by atoms with Crippen molar-refractivity contribution in [2.75, 3.05) is 11.1 Å². The lowest BCUT2D eigenvalue weighted by Gasteiger charge is -2.15. The highest BCUT2D eigenvalue weighted by Crippen LogP contribution is 2.36. The zero-order valence-corrected chi connectivity index (χ0v) is 16.7. The van der Waals surface area contributed by atoms with Crippen LogP contribution in [-0.2, 0) is 12.2 Å². The number of nitrogen functional groups attached to an aromatic ring is 1. The van der Waals surface area contributed by atoms with E-state index in [1.54, 1.807) is 12.1 Å². The Morgan fingerprint density at radius 3 is 2.33 bits per heavy atom. The van der Waals surface area contributed by atoms with Gasteiger partial charge in [0.15, 0.2) is 0 Å². The lowest BCUT2D eigenvalue weighted by Crippen LogP contribution is -2.09. The van der Waals surface area contributed by atoms with Crippen LogP contribution in [0.25, 0.3) is 11.1 Å². The number of benzene rings is 2. The number of phenolic OH excluding ortho intramolecular Hbond substituents is 1. The molecule has 0 aliphatic rings. The molecule has 0 radical (unpaired) electrons. The van der Waals surface area contributed by atoms with Crippen LogP contribution in [-0.4, -0.2) is 10.1 Å². The van der Waals surface area contributed by atoms with Crippen LogP contribution in [0.5, 0.6) is 5.75 Å². The average Bonchev–Trinajstić information content (AvgIpc) is 2.71. The van der Waals surface area contributed by atoms with Gasteiger partial charge in [0.1, 0.15) is 40.7 Å². The molecule has 2 aromatic carbocycles. The van der Waals surface area contributed by atoms with E-state index in [-0.39, 0.29) is 46.2 Å². The summed E-state index contributed by atoms with van der Waals surface area (Å²) >= 11 is 0. The molecule has 3 aromatic rings. The van der Waals surface area contributed by atoms with Crippen molar-refractivity contribution in [2.24, 2.45) is 0 Å². The van der Waals surface area contributed by atoms with E-state index >= 15 is 0 Å². The zero-order chi connectivity index (χ0) is 21.9. The van der Waals surface area contributed by atoms with Gasteiger partial charge in [-0.25, -0.2) is 4.98 Å². The van der Waals surface area contributed by atoms with Gasteiger partial charge in [-0.3, -0.25) is 0 Å². The van der Waals surface area contributed by atoms with Gasteiger partial charge in [0.05, 0.1) is 0 Å². The molecule has 1 unspecified atom stereocenters. The lowest BCUT2D eigenvalue weighted by molar-refractivity contribution is 0.104. The van der Waals surface area contributed by atoms with Gasteiger partial charge < -0.3 is 16.2 Å². The highest BCUT2D eigenvalue weighted by Gasteiger charge is 2.24. The van der Waals surface area contributed by atoms with E-state index in [0.717, 1.165) is 0 Å². The van der Waals surface area contributed by atoms with Crippen LogP contribution >= 0.6 is 9.24 Å². The van der Waals surface area contributed by atoms with Crippen LogP contribution in [0.1, 0.15) is 22.3 Å². The number of hydrogen-bond donors (Lipinski definition) is 3. The van der Waals surface area contributed by atoms with Crippen molar-refractivity contribution in [2.45, 2.75) is 12.2 Å². The number of aromatic nitrogens is 1. The third kappa shape index (κ3) is 4.30. The minimum absolute atomic E-state index is 0.0229. The Labute approximate surface area is 173 Å². The fourth-order valence-electron chi connectivity index (χ4n) is 2.93. The molecule has 1 atom stereocenters. The number of anilines is 2. The van der Waals surface area contributed by atoms with E-state index in [4.69, 9.17) is 5.73 Å². The first kappa shape index (κ1) is 21.0. The summed E-state index contributed by atoms with van der Waals surface area (Å²) in [7, 11) is 1.48. The molecule has 0 spiro atoms. The van der Waals surface area contributed by atoms with Crippen molar-refractivity contribution < 1.29 is 13.9 Å². The van der Waals surface area contributed by atoms with E-state index in [1.807, 2.05) is 12.1 Å². The van der Waals surface area contributed by atoms with Crippen LogP contribution in [0.2, 0.25) is 0 Å². The molecule has 6 nitrogen and oxygen atoms in total. The number of alkyl halides is 2. The molecule has 0 saturated carbocycles. The number of nitriles is 2. The molecule has 9 heteroatoms. The number of nitrogens with zero attached hydrogens (tertiary/aromatic N) is 3. The second-order valence-electron chi connectivity index (χ2n) is 6.42. The Bertz CT molecular complexity index is 1180. The molecular weight excluding hydrogens is 407 g/mol. The van der Waals surface area contributed by atoms with Crippen molar-refractivity contribution in [3.8, 4) is 29.0 Å². The Hall–Kier alpha value is -3.74. The summed E-state index contributed by atoms with van der Waals surface area (Å²) in [6, 6.07) is 15.8. The number of pyridine rings is 1. The van der Waals surface area contributed by atoms with E-state index in [1.165, 1.54) is 45.6 Å². The highest BCUT2D eigenvalue weighted by atomic mass is 31.0. The molecule has 0 aliphatic carbocycles. The van der Waals surface area contributed by atoms with Gasteiger partial charge in [-0.15, -0.1) is 0 Å². The third-order valence-electron chi connectivity index (χ3n) is 4.38. The van der Waals surface area contributed by atoms with E-state index in [9.17, 15) is 24.4 Å². The summed E-state index contributed by atoms with van der Waals surface area (Å²) in [6.45, 7) is 0.190. The summed E-state index contributed by atoms with van der Waals surface area (Å²) in [4.78, 5) is 4.13. The van der Waals surface area contributed by atoms with Gasteiger partial charge in [0.25, 0.3) is 5.66 Å². The normalized spacial score (nSPS) is 10.8. The standard InChI is InChI=1S/C21H16F2N5OP/c22-21(23,30)14-6-4-12(5-7-14)11-27-20-17(10-25)18(16(9-24)19(26)28-20)13-2-1-3-15(29)8-13/h1-8,29H,11,30H2,(H3,26,27,28). The quantitative estimate of drug-likeness (QED) is 0.526. The molecule has 0 amide bonds. The predicted octanol–water partition coefficient (Wildman–Crippen LogP) is 4.32. The minimum Gasteiger partial charge on any atom is -0.508 e. The Morgan fingerprint density at radius 2 is 1.77 bits per heavy atom. The molecular formula is C21H16F2N5OP. The van der Waals surface area contributed by atoms with Crippen LogP contribution in [0.4, 0.5) is 20.4 Å². The number of halogens is 2. The predicted molar refractivity (Wildman–Crippen MR) is 113 cm³/mol. The van der Waals surface area contributed by atoms with E-state index in [2.05, 4.69) is 10.3 Å². The Kier molecular flexibility index (Phi) is 5.82. The average molecular weight is 423 g/mol. The van der Waals surface area contributed by atoms with Crippen molar-refractivity contribution in [3.05, 3.63) is 70.8 Å². The molecule has 3 rings (SSSR count). The second-order valence-corrected chi connectivity index (χ2v) is 7.14. The van der Waals surface area contributed by atoms with Gasteiger partial charge >= 0.3 is 0 Å². The molecule has 1 aromatic heterocycles. The van der Waals surface area contributed by atoms with Crippen molar-refractivity contribution in [1.82, 2.24) is 4.98 Å². The van der Waals surface area contributed by atoms with Crippen LogP contribution in [0, 0.1) is 22.7 Å². The summed E-state index contributed by atoms with van der Waals surface area (Å²) in [5.74, 6) is 0.0410. The SMILES string of the molecule is N#Cc1c(N)nc(NCc2ccc(C(F)(F)P)cc2)c(C#N)c1-c1cccc(O)c1. The smallest absolute Gasteiger partial charge is 0.283 e. The van der Waals surface area contributed by atoms with Gasteiger partial charge in [-0.05, 0) is 23.3 Å². The third-order valence-corrected chi connectivity index (χ3v) is 4.72. The summed E-state index contributed by atoms with van der Waals surface area (Å²) < 4.78 is 26.7. The van der Waals surface area contributed by atoms with Gasteiger partial charge in [0, 0.05) is 17.7 Å². The number of nitrogens with one attached hydrogen (secondary N) is 1.